The molecule has 0 aliphatic carbocycles. The number of hydrogen-bond acceptors (Lipinski definition) is 4. The van der Waals surface area contributed by atoms with Crippen LogP contribution in [-0.2, 0) is 14.3 Å². The second kappa shape index (κ2) is 9.87. The fourth-order valence-electron chi connectivity index (χ4n) is 3.43. The van der Waals surface area contributed by atoms with E-state index in [1.54, 1.807) is 36.1 Å². The Hall–Kier alpha value is -3.15. The van der Waals surface area contributed by atoms with Crippen LogP contribution in [0.1, 0.15) is 47.3 Å². The van der Waals surface area contributed by atoms with E-state index < -0.39 is 5.97 Å². The van der Waals surface area contributed by atoms with E-state index >= 15 is 0 Å². The van der Waals surface area contributed by atoms with Crippen LogP contribution >= 0.6 is 0 Å². The monoisotopic (exact) mass is 396 g/mol. The molecule has 0 aliphatic heterocycles. The number of rotatable bonds is 7. The molecule has 154 valence electrons. The first-order chi connectivity index (χ1) is 13.7. The third kappa shape index (κ3) is 5.67. The Morgan fingerprint density at radius 2 is 1.66 bits per heavy atom. The fraction of sp³-hybridized carbons (Fsp3) is 0.348. The Morgan fingerprint density at radius 1 is 1.03 bits per heavy atom. The van der Waals surface area contributed by atoms with Crippen molar-refractivity contribution in [1.29, 1.82) is 0 Å². The molecule has 2 aromatic rings. The summed E-state index contributed by atoms with van der Waals surface area (Å²) >= 11 is 0. The predicted octanol–water partition coefficient (Wildman–Crippen LogP) is 4.17. The molecule has 0 bridgehead atoms. The average Bonchev–Trinajstić information content (AvgIpc) is 2.64. The first-order valence-electron chi connectivity index (χ1n) is 9.66. The minimum absolute atomic E-state index is 0.101. The van der Waals surface area contributed by atoms with Crippen molar-refractivity contribution in [3.05, 3.63) is 58.7 Å². The highest BCUT2D eigenvalue weighted by Gasteiger charge is 2.19. The van der Waals surface area contributed by atoms with Crippen LogP contribution in [-0.4, -0.2) is 30.9 Å². The van der Waals surface area contributed by atoms with E-state index in [-0.39, 0.29) is 31.4 Å². The molecule has 0 heterocycles. The molecule has 6 nitrogen and oxygen atoms in total. The molecule has 0 atom stereocenters. The van der Waals surface area contributed by atoms with Crippen molar-refractivity contribution in [2.24, 2.45) is 0 Å². The van der Waals surface area contributed by atoms with Crippen LogP contribution in [0.4, 0.5) is 11.4 Å². The van der Waals surface area contributed by atoms with Gasteiger partial charge in [0, 0.05) is 25.6 Å². The summed E-state index contributed by atoms with van der Waals surface area (Å²) in [6.45, 7) is 9.65. The molecular weight excluding hydrogens is 368 g/mol. The van der Waals surface area contributed by atoms with Crippen LogP contribution < -0.4 is 10.2 Å². The number of carbonyl (C=O) groups is 3. The topological polar surface area (TPSA) is 75.7 Å². The SMILES string of the molecule is CCOC(=O)c1ccccc1NC(=O)CCN(C(C)=O)c1c(C)cc(C)cc1C. The van der Waals surface area contributed by atoms with Gasteiger partial charge in [0.1, 0.15) is 0 Å². The molecule has 0 aromatic heterocycles. The minimum atomic E-state index is -0.486. The van der Waals surface area contributed by atoms with Gasteiger partial charge in [-0.3, -0.25) is 9.59 Å². The van der Waals surface area contributed by atoms with Gasteiger partial charge in [-0.05, 0) is 51.0 Å². The minimum Gasteiger partial charge on any atom is -0.462 e. The van der Waals surface area contributed by atoms with E-state index in [4.69, 9.17) is 4.74 Å². The number of para-hydroxylation sites is 1. The molecule has 29 heavy (non-hydrogen) atoms. The van der Waals surface area contributed by atoms with Crippen LogP contribution in [0.15, 0.2) is 36.4 Å². The molecule has 0 saturated carbocycles. The number of aryl methyl sites for hydroxylation is 3. The molecule has 0 unspecified atom stereocenters. The van der Waals surface area contributed by atoms with Crippen molar-refractivity contribution in [1.82, 2.24) is 0 Å². The maximum absolute atomic E-state index is 12.5. The van der Waals surface area contributed by atoms with E-state index in [9.17, 15) is 14.4 Å². The van der Waals surface area contributed by atoms with Gasteiger partial charge in [-0.15, -0.1) is 0 Å². The summed E-state index contributed by atoms with van der Waals surface area (Å²) in [6, 6.07) is 10.7. The highest BCUT2D eigenvalue weighted by Crippen LogP contribution is 2.27. The van der Waals surface area contributed by atoms with Crippen LogP contribution in [0.3, 0.4) is 0 Å². The van der Waals surface area contributed by atoms with E-state index in [0.29, 0.717) is 11.3 Å². The summed E-state index contributed by atoms with van der Waals surface area (Å²) < 4.78 is 5.03. The molecule has 6 heteroatoms. The van der Waals surface area contributed by atoms with Crippen molar-refractivity contribution in [2.75, 3.05) is 23.4 Å². The predicted molar refractivity (Wildman–Crippen MR) is 114 cm³/mol. The normalized spacial score (nSPS) is 10.4. The first kappa shape index (κ1) is 22.1. The Bertz CT molecular complexity index is 898. The number of nitrogens with one attached hydrogen (secondary N) is 1. The number of esters is 1. The third-order valence-electron chi connectivity index (χ3n) is 4.54. The lowest BCUT2D eigenvalue weighted by Crippen LogP contribution is -2.33. The molecule has 0 radical (unpaired) electrons. The Morgan fingerprint density at radius 3 is 2.24 bits per heavy atom. The van der Waals surface area contributed by atoms with Crippen LogP contribution in [0.2, 0.25) is 0 Å². The van der Waals surface area contributed by atoms with Gasteiger partial charge in [-0.2, -0.15) is 0 Å². The van der Waals surface area contributed by atoms with Crippen LogP contribution in [0, 0.1) is 20.8 Å². The summed E-state index contributed by atoms with van der Waals surface area (Å²) in [5.74, 6) is -0.894. The second-order valence-corrected chi connectivity index (χ2v) is 6.98. The largest absolute Gasteiger partial charge is 0.462 e. The maximum Gasteiger partial charge on any atom is 0.340 e. The summed E-state index contributed by atoms with van der Waals surface area (Å²) in [7, 11) is 0. The van der Waals surface area contributed by atoms with Gasteiger partial charge in [-0.25, -0.2) is 4.79 Å². The molecular formula is C23H28N2O4. The molecule has 0 fully saturated rings. The van der Waals surface area contributed by atoms with Crippen LogP contribution in [0.5, 0.6) is 0 Å². The van der Waals surface area contributed by atoms with Gasteiger partial charge in [0.15, 0.2) is 0 Å². The highest BCUT2D eigenvalue weighted by atomic mass is 16.5. The number of amides is 2. The number of hydrogen-bond donors (Lipinski definition) is 1. The smallest absolute Gasteiger partial charge is 0.340 e. The summed E-state index contributed by atoms with van der Waals surface area (Å²) in [5.41, 5.74) is 4.64. The van der Waals surface area contributed by atoms with Crippen molar-refractivity contribution < 1.29 is 19.1 Å². The molecule has 0 spiro atoms. The number of benzene rings is 2. The van der Waals surface area contributed by atoms with E-state index in [1.807, 2.05) is 32.9 Å². The summed E-state index contributed by atoms with van der Waals surface area (Å²) in [5, 5.41) is 2.76. The highest BCUT2D eigenvalue weighted by molar-refractivity contribution is 6.02. The van der Waals surface area contributed by atoms with Gasteiger partial charge in [0.25, 0.3) is 0 Å². The lowest BCUT2D eigenvalue weighted by atomic mass is 10.0. The van der Waals surface area contributed by atoms with Crippen molar-refractivity contribution in [3.8, 4) is 0 Å². The Balaban J connectivity index is 2.14. The maximum atomic E-state index is 12.5. The second-order valence-electron chi connectivity index (χ2n) is 6.98. The summed E-state index contributed by atoms with van der Waals surface area (Å²) in [6.07, 6.45) is 0.101. The molecule has 2 amide bonds. The fourth-order valence-corrected chi connectivity index (χ4v) is 3.43. The molecule has 2 rings (SSSR count). The first-order valence-corrected chi connectivity index (χ1v) is 9.66. The van der Waals surface area contributed by atoms with Gasteiger partial charge >= 0.3 is 5.97 Å². The number of ether oxygens (including phenoxy) is 1. The molecule has 0 aliphatic rings. The Labute approximate surface area is 171 Å². The number of nitrogens with zero attached hydrogens (tertiary/aromatic N) is 1. The summed E-state index contributed by atoms with van der Waals surface area (Å²) in [4.78, 5) is 38.5. The van der Waals surface area contributed by atoms with Crippen molar-refractivity contribution in [3.63, 3.8) is 0 Å². The van der Waals surface area contributed by atoms with Crippen LogP contribution in [0.25, 0.3) is 0 Å². The van der Waals surface area contributed by atoms with Gasteiger partial charge in [0.05, 0.1) is 17.9 Å². The van der Waals surface area contributed by atoms with Crippen molar-refractivity contribution in [2.45, 2.75) is 41.0 Å². The standard InChI is InChI=1S/C23H28N2O4/c1-6-29-23(28)19-9-7-8-10-20(19)24-21(27)11-12-25(18(5)26)22-16(3)13-15(2)14-17(22)4/h7-10,13-14H,6,11-12H2,1-5H3,(H,24,27). The Kier molecular flexibility index (Phi) is 7.53. The van der Waals surface area contributed by atoms with Gasteiger partial charge < -0.3 is 15.0 Å². The molecule has 2 aromatic carbocycles. The number of carbonyl (C=O) groups excluding carboxylic acids is 3. The molecule has 1 N–H and O–H groups in total. The number of anilines is 2. The van der Waals surface area contributed by atoms with E-state index in [1.165, 1.54) is 6.92 Å². The third-order valence-corrected chi connectivity index (χ3v) is 4.54. The zero-order valence-electron chi connectivity index (χ0n) is 17.7. The quantitative estimate of drug-likeness (QED) is 0.713. The zero-order chi connectivity index (χ0) is 21.6. The van der Waals surface area contributed by atoms with E-state index in [0.717, 1.165) is 22.4 Å². The lowest BCUT2D eigenvalue weighted by molar-refractivity contribution is -0.117. The zero-order valence-corrected chi connectivity index (χ0v) is 17.7. The van der Waals surface area contributed by atoms with Gasteiger partial charge in [-0.1, -0.05) is 29.8 Å². The van der Waals surface area contributed by atoms with Gasteiger partial charge in [0.2, 0.25) is 11.8 Å². The van der Waals surface area contributed by atoms with E-state index in [2.05, 4.69) is 5.32 Å². The van der Waals surface area contributed by atoms with Crippen molar-refractivity contribution >= 4 is 29.2 Å². The lowest BCUT2D eigenvalue weighted by Gasteiger charge is -2.25. The average molecular weight is 396 g/mol. The molecule has 0 saturated heterocycles.